The van der Waals surface area contributed by atoms with Gasteiger partial charge in [0.05, 0.1) is 0 Å². The first-order valence-electron chi connectivity index (χ1n) is 3.75. The zero-order valence-electron chi connectivity index (χ0n) is 6.99. The maximum Gasteiger partial charge on any atom is 0.0178 e. The second-order valence-electron chi connectivity index (χ2n) is 2.51. The lowest BCUT2D eigenvalue weighted by Crippen LogP contribution is -1.95. The molecule has 0 fully saturated rings. The lowest BCUT2D eigenvalue weighted by molar-refractivity contribution is 1.07. The number of hydrogen-bond acceptors (Lipinski definition) is 1. The summed E-state index contributed by atoms with van der Waals surface area (Å²) in [5.74, 6) is 0. The van der Waals surface area contributed by atoms with Gasteiger partial charge in [-0.2, -0.15) is 0 Å². The summed E-state index contributed by atoms with van der Waals surface area (Å²) >= 11 is 0. The van der Waals surface area contributed by atoms with Gasteiger partial charge in [-0.1, -0.05) is 30.3 Å². The van der Waals surface area contributed by atoms with Gasteiger partial charge in [-0.3, -0.25) is 0 Å². The summed E-state index contributed by atoms with van der Waals surface area (Å²) in [6.07, 6.45) is 2.84. The highest BCUT2D eigenvalue weighted by molar-refractivity contribution is 8.93. The van der Waals surface area contributed by atoms with E-state index in [4.69, 9.17) is 5.73 Å². The van der Waals surface area contributed by atoms with Gasteiger partial charge < -0.3 is 5.73 Å². The molecule has 0 aliphatic heterocycles. The van der Waals surface area contributed by atoms with Crippen LogP contribution in [0.4, 0.5) is 0 Å². The fourth-order valence-corrected chi connectivity index (χ4v) is 0.978. The van der Waals surface area contributed by atoms with Crippen LogP contribution in [0, 0.1) is 0 Å². The van der Waals surface area contributed by atoms with Gasteiger partial charge in [0.25, 0.3) is 0 Å². The van der Waals surface area contributed by atoms with Crippen LogP contribution in [0.25, 0.3) is 0 Å². The van der Waals surface area contributed by atoms with Crippen LogP contribution in [-0.4, -0.2) is 0 Å². The molecule has 1 nitrogen and oxygen atoms in total. The molecule has 0 aliphatic rings. The average Bonchev–Trinajstić information content (AvgIpc) is 2.07. The zero-order valence-corrected chi connectivity index (χ0v) is 8.71. The maximum atomic E-state index is 5.45. The zero-order chi connectivity index (χ0) is 8.10. The number of nitrogens with two attached hydrogens (primary N) is 1. The molecule has 1 aromatic rings. The van der Waals surface area contributed by atoms with E-state index < -0.39 is 0 Å². The number of rotatable bonds is 3. The topological polar surface area (TPSA) is 26.0 Å². The van der Waals surface area contributed by atoms with E-state index in [0.717, 1.165) is 6.42 Å². The number of halogens is 1. The van der Waals surface area contributed by atoms with Gasteiger partial charge >= 0.3 is 0 Å². The van der Waals surface area contributed by atoms with Crippen LogP contribution in [0.15, 0.2) is 36.9 Å². The van der Waals surface area contributed by atoms with Crippen molar-refractivity contribution in [2.24, 2.45) is 5.73 Å². The monoisotopic (exact) mass is 227 g/mol. The summed E-state index contributed by atoms with van der Waals surface area (Å²) in [5, 5.41) is 0. The number of hydrogen-bond donors (Lipinski definition) is 1. The molecule has 0 bridgehead atoms. The first kappa shape index (κ1) is 11.4. The van der Waals surface area contributed by atoms with Crippen molar-refractivity contribution in [3.05, 3.63) is 48.0 Å². The van der Waals surface area contributed by atoms with Gasteiger partial charge in [0.1, 0.15) is 0 Å². The summed E-state index contributed by atoms with van der Waals surface area (Å²) in [6, 6.07) is 8.28. The molecule has 0 heterocycles. The Kier molecular flexibility index (Phi) is 5.68. The van der Waals surface area contributed by atoms with Gasteiger partial charge in [0.15, 0.2) is 0 Å². The highest BCUT2D eigenvalue weighted by Crippen LogP contribution is 2.04. The second kappa shape index (κ2) is 5.98. The van der Waals surface area contributed by atoms with E-state index in [0.29, 0.717) is 6.54 Å². The maximum absolute atomic E-state index is 5.45. The van der Waals surface area contributed by atoms with Crippen molar-refractivity contribution in [3.63, 3.8) is 0 Å². The average molecular weight is 228 g/mol. The lowest BCUT2D eigenvalue weighted by atomic mass is 10.1. The van der Waals surface area contributed by atoms with Crippen LogP contribution in [0.5, 0.6) is 0 Å². The quantitative estimate of drug-likeness (QED) is 0.790. The first-order chi connectivity index (χ1) is 5.36. The van der Waals surface area contributed by atoms with Crippen LogP contribution in [0.3, 0.4) is 0 Å². The van der Waals surface area contributed by atoms with Crippen molar-refractivity contribution in [3.8, 4) is 0 Å². The smallest absolute Gasteiger partial charge is 0.0178 e. The van der Waals surface area contributed by atoms with E-state index in [9.17, 15) is 0 Å². The summed E-state index contributed by atoms with van der Waals surface area (Å²) in [4.78, 5) is 0. The third-order valence-corrected chi connectivity index (χ3v) is 1.64. The molecule has 2 N–H and O–H groups in total. The molecule has 1 rings (SSSR count). The van der Waals surface area contributed by atoms with Gasteiger partial charge in [-0.25, -0.2) is 0 Å². The molecule has 66 valence electrons. The Morgan fingerprint density at radius 1 is 1.17 bits per heavy atom. The normalized spacial score (nSPS) is 8.75. The Hall–Kier alpha value is -0.600. The van der Waals surface area contributed by atoms with Gasteiger partial charge in [0.2, 0.25) is 0 Å². The molecule has 0 saturated heterocycles. The number of allylic oxidation sites excluding steroid dienone is 1. The minimum absolute atomic E-state index is 0. The van der Waals surface area contributed by atoms with Crippen molar-refractivity contribution < 1.29 is 0 Å². The standard InChI is InChI=1S/C10H13N.BrH/c1-2-3-9-4-6-10(8-11)7-5-9;/h2,4-7H,1,3,8,11H2;1H. The van der Waals surface area contributed by atoms with Crippen LogP contribution in [0.2, 0.25) is 0 Å². The van der Waals surface area contributed by atoms with E-state index in [1.165, 1.54) is 11.1 Å². The molecule has 0 atom stereocenters. The summed E-state index contributed by atoms with van der Waals surface area (Å²) in [5.41, 5.74) is 7.92. The molecule has 2 heteroatoms. The molecular formula is C10H14BrN. The van der Waals surface area contributed by atoms with Gasteiger partial charge in [0, 0.05) is 6.54 Å². The van der Waals surface area contributed by atoms with Gasteiger partial charge in [-0.05, 0) is 17.5 Å². The van der Waals surface area contributed by atoms with Crippen molar-refractivity contribution in [1.29, 1.82) is 0 Å². The third-order valence-electron chi connectivity index (χ3n) is 1.64. The molecule has 1 aromatic carbocycles. The molecule has 0 amide bonds. The summed E-state index contributed by atoms with van der Waals surface area (Å²) in [6.45, 7) is 4.29. The van der Waals surface area contributed by atoms with E-state index >= 15 is 0 Å². The van der Waals surface area contributed by atoms with E-state index in [1.54, 1.807) is 0 Å². The van der Waals surface area contributed by atoms with Crippen molar-refractivity contribution in [2.75, 3.05) is 0 Å². The minimum Gasteiger partial charge on any atom is -0.326 e. The molecule has 0 radical (unpaired) electrons. The van der Waals surface area contributed by atoms with Crippen LogP contribution >= 0.6 is 17.0 Å². The molecule has 0 spiro atoms. The first-order valence-corrected chi connectivity index (χ1v) is 3.75. The Morgan fingerprint density at radius 3 is 2.08 bits per heavy atom. The van der Waals surface area contributed by atoms with Crippen LogP contribution in [-0.2, 0) is 13.0 Å². The highest BCUT2D eigenvalue weighted by Gasteiger charge is 1.89. The van der Waals surface area contributed by atoms with E-state index in [2.05, 4.69) is 30.8 Å². The molecule has 0 unspecified atom stereocenters. The molecule has 0 aliphatic carbocycles. The molecule has 0 aromatic heterocycles. The molecule has 0 saturated carbocycles. The summed E-state index contributed by atoms with van der Waals surface area (Å²) in [7, 11) is 0. The predicted octanol–water partition coefficient (Wildman–Crippen LogP) is 2.45. The van der Waals surface area contributed by atoms with Crippen LogP contribution < -0.4 is 5.73 Å². The highest BCUT2D eigenvalue weighted by atomic mass is 79.9. The van der Waals surface area contributed by atoms with E-state index in [1.807, 2.05) is 6.08 Å². The largest absolute Gasteiger partial charge is 0.326 e. The van der Waals surface area contributed by atoms with E-state index in [-0.39, 0.29) is 17.0 Å². The SMILES string of the molecule is Br.C=CCc1ccc(CN)cc1. The second-order valence-corrected chi connectivity index (χ2v) is 2.51. The lowest BCUT2D eigenvalue weighted by Gasteiger charge is -1.98. The fourth-order valence-electron chi connectivity index (χ4n) is 0.978. The van der Waals surface area contributed by atoms with Gasteiger partial charge in [-0.15, -0.1) is 23.6 Å². The minimum atomic E-state index is 0. The predicted molar refractivity (Wildman–Crippen MR) is 58.6 cm³/mol. The Labute approximate surface area is 84.1 Å². The molecular weight excluding hydrogens is 214 g/mol. The van der Waals surface area contributed by atoms with Crippen molar-refractivity contribution in [2.45, 2.75) is 13.0 Å². The Morgan fingerprint density at radius 2 is 1.67 bits per heavy atom. The third kappa shape index (κ3) is 3.20. The summed E-state index contributed by atoms with van der Waals surface area (Å²) < 4.78 is 0. The Bertz CT molecular complexity index is 228. The van der Waals surface area contributed by atoms with Crippen molar-refractivity contribution in [1.82, 2.24) is 0 Å². The van der Waals surface area contributed by atoms with Crippen molar-refractivity contribution >= 4 is 17.0 Å². The molecule has 12 heavy (non-hydrogen) atoms. The Balaban J connectivity index is 0.00000121. The number of benzene rings is 1. The van der Waals surface area contributed by atoms with Crippen LogP contribution in [0.1, 0.15) is 11.1 Å². The fraction of sp³-hybridized carbons (Fsp3) is 0.200.